The second kappa shape index (κ2) is 25.1. The van der Waals surface area contributed by atoms with Gasteiger partial charge < -0.3 is 64.6 Å². The van der Waals surface area contributed by atoms with Gasteiger partial charge in [-0.1, -0.05) is 27.7 Å². The number of aliphatic imine (C=N–C) groups is 1. The van der Waals surface area contributed by atoms with Crippen LogP contribution >= 0.6 is 0 Å². The van der Waals surface area contributed by atoms with Crippen molar-refractivity contribution < 1.29 is 57.4 Å². The average Bonchev–Trinajstić information content (AvgIpc) is 3.67. The molecule has 7 atom stereocenters. The summed E-state index contributed by atoms with van der Waals surface area (Å²) in [6.45, 7) is 6.27. The number of carboxylic acids is 1. The van der Waals surface area contributed by atoms with E-state index in [1.54, 1.807) is 27.7 Å². The smallest absolute Gasteiger partial charge is 0.326 e. The Labute approximate surface area is 357 Å². The molecule has 1 aliphatic heterocycles. The summed E-state index contributed by atoms with van der Waals surface area (Å²) in [4.78, 5) is 111. The molecule has 1 heterocycles. The first kappa shape index (κ1) is 52.2. The molecular formula is C39H61F2N11O10. The van der Waals surface area contributed by atoms with Crippen LogP contribution in [0.4, 0.5) is 8.78 Å². The minimum absolute atomic E-state index is 0.00383. The Morgan fingerprint density at radius 2 is 1.24 bits per heavy atom. The predicted molar refractivity (Wildman–Crippen MR) is 220 cm³/mol. The van der Waals surface area contributed by atoms with Crippen LogP contribution in [0.3, 0.4) is 0 Å². The van der Waals surface area contributed by atoms with Crippen LogP contribution in [-0.2, 0) is 44.8 Å². The molecule has 1 aromatic rings. The van der Waals surface area contributed by atoms with Gasteiger partial charge in [-0.3, -0.25) is 38.6 Å². The van der Waals surface area contributed by atoms with E-state index in [0.29, 0.717) is 12.5 Å². The second-order valence-electron chi connectivity index (χ2n) is 16.0. The summed E-state index contributed by atoms with van der Waals surface area (Å²) in [7, 11) is 0. The van der Waals surface area contributed by atoms with E-state index in [1.165, 1.54) is 0 Å². The molecule has 2 rings (SSSR count). The third-order valence-corrected chi connectivity index (χ3v) is 9.63. The van der Waals surface area contributed by atoms with E-state index in [-0.39, 0.29) is 68.6 Å². The summed E-state index contributed by atoms with van der Waals surface area (Å²) in [5, 5.41) is 31.5. The number of hydrogen-bond acceptors (Lipinski definition) is 11. The average molecular weight is 882 g/mol. The van der Waals surface area contributed by atoms with E-state index in [0.717, 1.165) is 17.0 Å². The van der Waals surface area contributed by atoms with E-state index in [9.17, 15) is 57.4 Å². The molecule has 1 saturated heterocycles. The topological polar surface area (TPSA) is 357 Å². The standard InChI is InChI=1S/C39H61F2N11O10/c1-19(2)11-26(49-35(58)27(12-20(3)4)50-36(59)28(48-32(55)24(42)18-53)15-21-13-22(40)16-23(41)14-21)34(57)47-25(7-5-9-46-39(44)45)33(56)51-29(17-31(43)54)37(60)52-10-6-8-30(52)38(61)62/h13-14,16,19-20,24-30,53H,5-12,15,17-18,42H2,1-4H3,(H2,43,54)(H,47,57)(H,48,55)(H,49,58)(H,50,59)(H,51,56)(H,61,62)(H4,44,45,46)/t24-,25-,26-,27-,28-,29-,30-/m0/s1. The maximum atomic E-state index is 14.1. The highest BCUT2D eigenvalue weighted by Gasteiger charge is 2.39. The summed E-state index contributed by atoms with van der Waals surface area (Å²) < 4.78 is 28.1. The zero-order valence-electron chi connectivity index (χ0n) is 35.3. The van der Waals surface area contributed by atoms with E-state index in [4.69, 9.17) is 22.9 Å². The first-order valence-electron chi connectivity index (χ1n) is 20.2. The van der Waals surface area contributed by atoms with Gasteiger partial charge in [0.2, 0.25) is 41.4 Å². The molecule has 62 heavy (non-hydrogen) atoms. The van der Waals surface area contributed by atoms with Crippen LogP contribution in [-0.4, -0.2) is 130 Å². The lowest BCUT2D eigenvalue weighted by Crippen LogP contribution is -2.60. The van der Waals surface area contributed by atoms with Crippen LogP contribution in [0.1, 0.15) is 78.2 Å². The van der Waals surface area contributed by atoms with Crippen molar-refractivity contribution in [3.05, 3.63) is 35.4 Å². The van der Waals surface area contributed by atoms with Crippen molar-refractivity contribution in [3.8, 4) is 0 Å². The number of halogens is 2. The van der Waals surface area contributed by atoms with Gasteiger partial charge in [0.05, 0.1) is 13.0 Å². The van der Waals surface area contributed by atoms with E-state index in [2.05, 4.69) is 31.6 Å². The van der Waals surface area contributed by atoms with Crippen LogP contribution in [0.25, 0.3) is 0 Å². The number of carbonyl (C=O) groups excluding carboxylic acids is 7. The number of aliphatic carboxylic acids is 1. The van der Waals surface area contributed by atoms with Crippen molar-refractivity contribution in [1.82, 2.24) is 31.5 Å². The Kier molecular flexibility index (Phi) is 21.1. The first-order chi connectivity index (χ1) is 29.0. The molecule has 1 aromatic carbocycles. The third kappa shape index (κ3) is 17.6. The quantitative estimate of drug-likeness (QED) is 0.0272. The lowest BCUT2D eigenvalue weighted by atomic mass is 9.98. The molecule has 23 heteroatoms. The van der Waals surface area contributed by atoms with Crippen LogP contribution in [0, 0.1) is 23.5 Å². The Morgan fingerprint density at radius 3 is 1.73 bits per heavy atom. The molecule has 0 saturated carbocycles. The molecule has 0 aliphatic carbocycles. The van der Waals surface area contributed by atoms with E-state index < -0.39 is 121 Å². The number of carboxylic acid groups (broad SMARTS) is 1. The number of amides is 7. The zero-order chi connectivity index (χ0) is 46.8. The predicted octanol–water partition coefficient (Wildman–Crippen LogP) is -2.65. The molecule has 0 spiro atoms. The van der Waals surface area contributed by atoms with Gasteiger partial charge in [-0.05, 0) is 68.1 Å². The van der Waals surface area contributed by atoms with Gasteiger partial charge >= 0.3 is 5.97 Å². The SMILES string of the molecule is CC(C)C[C@H](NC(=O)[C@H](CC(C)C)NC(=O)[C@H](Cc1cc(F)cc(F)c1)NC(=O)[C@@H](N)CO)C(=O)N[C@@H](CCCN=C(N)N)C(=O)N[C@@H](CC(N)=O)C(=O)N1CCC[C@H]1C(=O)O. The summed E-state index contributed by atoms with van der Waals surface area (Å²) in [5.74, 6) is -10.3. The number of nitrogens with one attached hydrogen (secondary N) is 5. The number of aliphatic hydroxyl groups excluding tert-OH is 1. The fourth-order valence-electron chi connectivity index (χ4n) is 6.69. The van der Waals surface area contributed by atoms with Crippen LogP contribution in [0.15, 0.2) is 23.2 Å². The lowest BCUT2D eigenvalue weighted by molar-refractivity contribution is -0.149. The second-order valence-corrected chi connectivity index (χ2v) is 16.0. The molecule has 21 nitrogen and oxygen atoms in total. The Bertz CT molecular complexity index is 1780. The number of guanidine groups is 1. The number of benzene rings is 1. The van der Waals surface area contributed by atoms with Crippen LogP contribution in [0.5, 0.6) is 0 Å². The number of likely N-dealkylation sites (tertiary alicyclic amines) is 1. The highest BCUT2D eigenvalue weighted by atomic mass is 19.1. The third-order valence-electron chi connectivity index (χ3n) is 9.63. The number of carbonyl (C=O) groups is 8. The van der Waals surface area contributed by atoms with Gasteiger partial charge in [-0.25, -0.2) is 13.6 Å². The monoisotopic (exact) mass is 881 g/mol. The maximum Gasteiger partial charge on any atom is 0.326 e. The van der Waals surface area contributed by atoms with Gasteiger partial charge in [-0.2, -0.15) is 0 Å². The van der Waals surface area contributed by atoms with Gasteiger partial charge in [0.1, 0.15) is 53.9 Å². The summed E-state index contributed by atoms with van der Waals surface area (Å²) >= 11 is 0. The number of primary amides is 1. The van der Waals surface area contributed by atoms with E-state index >= 15 is 0 Å². The minimum Gasteiger partial charge on any atom is -0.480 e. The van der Waals surface area contributed by atoms with Crippen molar-refractivity contribution in [2.24, 2.45) is 39.8 Å². The first-order valence-corrected chi connectivity index (χ1v) is 20.2. The molecule has 1 aliphatic rings. The molecule has 0 bridgehead atoms. The van der Waals surface area contributed by atoms with Crippen molar-refractivity contribution in [2.45, 2.75) is 121 Å². The van der Waals surface area contributed by atoms with Crippen LogP contribution < -0.4 is 49.5 Å². The Balaban J connectivity index is 2.42. The molecule has 346 valence electrons. The van der Waals surface area contributed by atoms with Crippen molar-refractivity contribution in [3.63, 3.8) is 0 Å². The molecular weight excluding hydrogens is 820 g/mol. The molecule has 1 fully saturated rings. The van der Waals surface area contributed by atoms with Gasteiger partial charge in [0.15, 0.2) is 5.96 Å². The summed E-state index contributed by atoms with van der Waals surface area (Å²) in [6.07, 6.45) is -0.609. The van der Waals surface area contributed by atoms with Gasteiger partial charge in [-0.15, -0.1) is 0 Å². The number of rotatable bonds is 25. The number of nitrogens with zero attached hydrogens (tertiary/aromatic N) is 2. The number of aliphatic hydroxyl groups is 1. The summed E-state index contributed by atoms with van der Waals surface area (Å²) in [6, 6.07) is -7.38. The zero-order valence-corrected chi connectivity index (χ0v) is 35.3. The molecule has 0 unspecified atom stereocenters. The molecule has 0 radical (unpaired) electrons. The lowest BCUT2D eigenvalue weighted by Gasteiger charge is -2.29. The largest absolute Gasteiger partial charge is 0.480 e. The highest BCUT2D eigenvalue weighted by Crippen LogP contribution is 2.20. The van der Waals surface area contributed by atoms with Crippen molar-refractivity contribution in [2.75, 3.05) is 19.7 Å². The van der Waals surface area contributed by atoms with Crippen molar-refractivity contribution in [1.29, 1.82) is 0 Å². The Morgan fingerprint density at radius 1 is 0.758 bits per heavy atom. The molecule has 0 aromatic heterocycles. The maximum absolute atomic E-state index is 14.1. The number of hydrogen-bond donors (Lipinski definition) is 11. The fourth-order valence-corrected chi connectivity index (χ4v) is 6.69. The minimum atomic E-state index is -1.59. The van der Waals surface area contributed by atoms with E-state index in [1.807, 2.05) is 0 Å². The Hall–Kier alpha value is -5.97. The van der Waals surface area contributed by atoms with Crippen LogP contribution in [0.2, 0.25) is 0 Å². The van der Waals surface area contributed by atoms with Crippen molar-refractivity contribution >= 4 is 53.3 Å². The molecule has 7 amide bonds. The fraction of sp³-hybridized carbons (Fsp3) is 0.615. The number of nitrogens with two attached hydrogens (primary N) is 4. The van der Waals surface area contributed by atoms with Gasteiger partial charge in [0, 0.05) is 25.6 Å². The van der Waals surface area contributed by atoms with Gasteiger partial charge in [0.25, 0.3) is 0 Å². The normalized spacial score (nSPS) is 16.5. The highest BCUT2D eigenvalue weighted by molar-refractivity contribution is 5.98. The molecule has 15 N–H and O–H groups in total. The summed E-state index contributed by atoms with van der Waals surface area (Å²) in [5.41, 5.74) is 21.9.